The van der Waals surface area contributed by atoms with E-state index >= 15 is 0 Å². The first-order valence-electron chi connectivity index (χ1n) is 5.12. The van der Waals surface area contributed by atoms with Crippen LogP contribution in [0.4, 0.5) is 4.39 Å². The molecular weight excluding hydrogens is 289 g/mol. The zero-order valence-corrected chi connectivity index (χ0v) is 11.6. The Morgan fingerprint density at radius 3 is 2.76 bits per heavy atom. The zero-order chi connectivity index (χ0) is 13.1. The number of carbonyl (C=O) groups is 1. The number of methoxy groups -OCH3 is 1. The number of rotatable bonds is 4. The maximum atomic E-state index is 13.1. The molecule has 0 radical (unpaired) electrons. The van der Waals surface area contributed by atoms with Crippen molar-refractivity contribution in [2.24, 2.45) is 0 Å². The molecule has 5 heteroatoms. The lowest BCUT2D eigenvalue weighted by Gasteiger charge is -2.25. The van der Waals surface area contributed by atoms with E-state index in [1.807, 2.05) is 13.8 Å². The molecule has 0 saturated carbocycles. The summed E-state index contributed by atoms with van der Waals surface area (Å²) < 4.78 is 18.6. The van der Waals surface area contributed by atoms with Crippen LogP contribution < -0.4 is 5.32 Å². The number of hydrogen-bond donors (Lipinski definition) is 1. The fourth-order valence-corrected chi connectivity index (χ4v) is 1.87. The van der Waals surface area contributed by atoms with Crippen molar-refractivity contribution >= 4 is 21.8 Å². The van der Waals surface area contributed by atoms with Crippen molar-refractivity contribution in [1.82, 2.24) is 5.32 Å². The van der Waals surface area contributed by atoms with Gasteiger partial charge < -0.3 is 10.1 Å². The highest BCUT2D eigenvalue weighted by Crippen LogP contribution is 2.18. The number of amides is 1. The van der Waals surface area contributed by atoms with Crippen LogP contribution in [-0.2, 0) is 4.74 Å². The third-order valence-electron chi connectivity index (χ3n) is 2.13. The topological polar surface area (TPSA) is 38.3 Å². The minimum Gasteiger partial charge on any atom is -0.382 e. The third kappa shape index (κ3) is 4.09. The molecule has 0 spiro atoms. The Bertz CT molecular complexity index is 421. The van der Waals surface area contributed by atoms with Crippen LogP contribution in [0.2, 0.25) is 0 Å². The van der Waals surface area contributed by atoms with E-state index in [4.69, 9.17) is 4.74 Å². The molecule has 1 amide bonds. The van der Waals surface area contributed by atoms with Crippen LogP contribution in [0.15, 0.2) is 22.7 Å². The van der Waals surface area contributed by atoms with Crippen molar-refractivity contribution in [3.8, 4) is 0 Å². The molecule has 0 unspecified atom stereocenters. The Balaban J connectivity index is 2.86. The molecule has 0 fully saturated rings. The van der Waals surface area contributed by atoms with Gasteiger partial charge in [-0.3, -0.25) is 4.79 Å². The Morgan fingerprint density at radius 2 is 2.18 bits per heavy atom. The summed E-state index contributed by atoms with van der Waals surface area (Å²) >= 11 is 3.22. The van der Waals surface area contributed by atoms with Gasteiger partial charge in [0.15, 0.2) is 0 Å². The van der Waals surface area contributed by atoms with E-state index in [1.165, 1.54) is 18.2 Å². The summed E-state index contributed by atoms with van der Waals surface area (Å²) in [5.41, 5.74) is -0.230. The molecule has 1 N–H and O–H groups in total. The second-order valence-corrected chi connectivity index (χ2v) is 5.25. The summed E-state index contributed by atoms with van der Waals surface area (Å²) in [6, 6.07) is 4.00. The molecule has 0 aliphatic rings. The van der Waals surface area contributed by atoms with Crippen molar-refractivity contribution in [3.05, 3.63) is 34.1 Å². The largest absolute Gasteiger partial charge is 0.382 e. The summed E-state index contributed by atoms with van der Waals surface area (Å²) in [5, 5.41) is 2.78. The van der Waals surface area contributed by atoms with Gasteiger partial charge in [0.1, 0.15) is 5.82 Å². The number of carbonyl (C=O) groups excluding carboxylic acids is 1. The van der Waals surface area contributed by atoms with Gasteiger partial charge in [-0.15, -0.1) is 0 Å². The van der Waals surface area contributed by atoms with Crippen molar-refractivity contribution < 1.29 is 13.9 Å². The highest BCUT2D eigenvalue weighted by Gasteiger charge is 2.22. The number of hydrogen-bond acceptors (Lipinski definition) is 2. The molecule has 0 aromatic heterocycles. The SMILES string of the molecule is COCC(C)(C)NC(=O)c1cc(F)ccc1Br. The van der Waals surface area contributed by atoms with E-state index in [0.29, 0.717) is 11.1 Å². The first-order valence-corrected chi connectivity index (χ1v) is 5.91. The maximum absolute atomic E-state index is 13.1. The molecular formula is C12H15BrFNO2. The summed E-state index contributed by atoms with van der Waals surface area (Å²) in [6.07, 6.45) is 0. The lowest BCUT2D eigenvalue weighted by Crippen LogP contribution is -2.46. The van der Waals surface area contributed by atoms with Gasteiger partial charge in [-0.2, -0.15) is 0 Å². The standard InChI is InChI=1S/C12H15BrFNO2/c1-12(2,7-17-3)15-11(16)9-6-8(14)4-5-10(9)13/h4-6H,7H2,1-3H3,(H,15,16). The number of halogens is 2. The Labute approximate surface area is 108 Å². The van der Waals surface area contributed by atoms with E-state index in [9.17, 15) is 9.18 Å². The minimum atomic E-state index is -0.502. The lowest BCUT2D eigenvalue weighted by atomic mass is 10.1. The van der Waals surface area contributed by atoms with E-state index < -0.39 is 11.4 Å². The van der Waals surface area contributed by atoms with E-state index in [0.717, 1.165) is 0 Å². The average molecular weight is 304 g/mol. The highest BCUT2D eigenvalue weighted by molar-refractivity contribution is 9.10. The van der Waals surface area contributed by atoms with Crippen LogP contribution in [0, 0.1) is 5.82 Å². The van der Waals surface area contributed by atoms with Gasteiger partial charge in [0, 0.05) is 11.6 Å². The molecule has 0 saturated heterocycles. The van der Waals surface area contributed by atoms with Crippen LogP contribution in [0.5, 0.6) is 0 Å². The maximum Gasteiger partial charge on any atom is 0.253 e. The normalized spacial score (nSPS) is 11.4. The molecule has 1 rings (SSSR count). The monoisotopic (exact) mass is 303 g/mol. The number of nitrogens with one attached hydrogen (secondary N) is 1. The van der Waals surface area contributed by atoms with Gasteiger partial charge in [0.25, 0.3) is 5.91 Å². The summed E-state index contributed by atoms with van der Waals surface area (Å²) in [4.78, 5) is 11.9. The Kier molecular flexibility index (Phi) is 4.65. The van der Waals surface area contributed by atoms with Crippen LogP contribution in [0.3, 0.4) is 0 Å². The first kappa shape index (κ1) is 14.1. The van der Waals surface area contributed by atoms with Crippen molar-refractivity contribution in [3.63, 3.8) is 0 Å². The summed E-state index contributed by atoms with van der Waals surface area (Å²) in [5.74, 6) is -0.777. The second-order valence-electron chi connectivity index (χ2n) is 4.40. The van der Waals surface area contributed by atoms with Gasteiger partial charge in [-0.05, 0) is 48.0 Å². The highest BCUT2D eigenvalue weighted by atomic mass is 79.9. The van der Waals surface area contributed by atoms with Gasteiger partial charge in [0.05, 0.1) is 17.7 Å². The van der Waals surface area contributed by atoms with Gasteiger partial charge in [-0.25, -0.2) is 4.39 Å². The molecule has 0 aliphatic heterocycles. The van der Waals surface area contributed by atoms with E-state index in [-0.39, 0.29) is 11.5 Å². The molecule has 3 nitrogen and oxygen atoms in total. The van der Waals surface area contributed by atoms with E-state index in [1.54, 1.807) is 7.11 Å². The molecule has 17 heavy (non-hydrogen) atoms. The summed E-state index contributed by atoms with van der Waals surface area (Å²) in [7, 11) is 1.56. The molecule has 1 aromatic carbocycles. The molecule has 0 bridgehead atoms. The van der Waals surface area contributed by atoms with Crippen LogP contribution >= 0.6 is 15.9 Å². The van der Waals surface area contributed by atoms with Gasteiger partial charge >= 0.3 is 0 Å². The predicted octanol–water partition coefficient (Wildman–Crippen LogP) is 2.74. The zero-order valence-electron chi connectivity index (χ0n) is 10.0. The van der Waals surface area contributed by atoms with Crippen molar-refractivity contribution in [1.29, 1.82) is 0 Å². The Hall–Kier alpha value is -0.940. The molecule has 0 aliphatic carbocycles. The fourth-order valence-electron chi connectivity index (χ4n) is 1.44. The summed E-state index contributed by atoms with van der Waals surface area (Å²) in [6.45, 7) is 4.05. The Morgan fingerprint density at radius 1 is 1.53 bits per heavy atom. The third-order valence-corrected chi connectivity index (χ3v) is 2.82. The molecule has 0 atom stereocenters. The second kappa shape index (κ2) is 5.60. The molecule has 94 valence electrons. The van der Waals surface area contributed by atoms with Gasteiger partial charge in [0.2, 0.25) is 0 Å². The van der Waals surface area contributed by atoms with Crippen LogP contribution in [0.1, 0.15) is 24.2 Å². The van der Waals surface area contributed by atoms with Crippen molar-refractivity contribution in [2.75, 3.05) is 13.7 Å². The number of benzene rings is 1. The molecule has 0 heterocycles. The van der Waals surface area contributed by atoms with Gasteiger partial charge in [-0.1, -0.05) is 0 Å². The lowest BCUT2D eigenvalue weighted by molar-refractivity contribution is 0.0819. The predicted molar refractivity (Wildman–Crippen MR) is 67.5 cm³/mol. The van der Waals surface area contributed by atoms with Crippen molar-refractivity contribution in [2.45, 2.75) is 19.4 Å². The molecule has 1 aromatic rings. The van der Waals surface area contributed by atoms with Crippen LogP contribution in [0.25, 0.3) is 0 Å². The minimum absolute atomic E-state index is 0.272. The van der Waals surface area contributed by atoms with Crippen LogP contribution in [-0.4, -0.2) is 25.2 Å². The quantitative estimate of drug-likeness (QED) is 0.929. The van der Waals surface area contributed by atoms with E-state index in [2.05, 4.69) is 21.2 Å². The smallest absolute Gasteiger partial charge is 0.253 e. The fraction of sp³-hybridized carbons (Fsp3) is 0.417. The average Bonchev–Trinajstić information content (AvgIpc) is 2.20. The first-order chi connectivity index (χ1) is 7.85. The number of ether oxygens (including phenoxy) is 1.